The molecule has 0 fully saturated rings. The van der Waals surface area contributed by atoms with E-state index in [1.165, 1.54) is 5.67 Å². The Morgan fingerprint density at radius 1 is 2.00 bits per heavy atom. The molecule has 4 heavy (non-hydrogen) atoms. The van der Waals surface area contributed by atoms with Crippen LogP contribution in [0.5, 0.6) is 0 Å². The van der Waals surface area contributed by atoms with Crippen LogP contribution < -0.4 is 0 Å². The SMILES string of the molecule is C/N=C\Cl. The number of hydrogen-bond donors (Lipinski definition) is 0. The summed E-state index contributed by atoms with van der Waals surface area (Å²) in [6, 6.07) is 0. The van der Waals surface area contributed by atoms with Crippen molar-refractivity contribution < 1.29 is 0 Å². The van der Waals surface area contributed by atoms with E-state index >= 15 is 0 Å². The van der Waals surface area contributed by atoms with E-state index in [2.05, 4.69) is 4.99 Å². The van der Waals surface area contributed by atoms with Crippen molar-refractivity contribution in [2.24, 2.45) is 4.99 Å². The maximum absolute atomic E-state index is 4.89. The van der Waals surface area contributed by atoms with E-state index in [-0.39, 0.29) is 0 Å². The molecule has 1 nitrogen and oxygen atoms in total. The highest BCUT2D eigenvalue weighted by atomic mass is 35.5. The molecule has 0 N–H and O–H groups in total. The van der Waals surface area contributed by atoms with Crippen LogP contribution in [0.25, 0.3) is 0 Å². The Morgan fingerprint density at radius 2 is 2.25 bits per heavy atom. The molecule has 0 spiro atoms. The summed E-state index contributed by atoms with van der Waals surface area (Å²) in [5.74, 6) is 0. The fourth-order valence-electron chi connectivity index (χ4n) is 0. The highest BCUT2D eigenvalue weighted by Crippen LogP contribution is 1.54. The van der Waals surface area contributed by atoms with Crippen LogP contribution in [0.2, 0.25) is 0 Å². The molecule has 2 heteroatoms. The van der Waals surface area contributed by atoms with Crippen LogP contribution in [0.15, 0.2) is 4.99 Å². The van der Waals surface area contributed by atoms with Crippen LogP contribution >= 0.6 is 11.6 Å². The molecule has 0 aliphatic rings. The average Bonchev–Trinajstić information content (AvgIpc) is 1.37. The number of rotatable bonds is 0. The van der Waals surface area contributed by atoms with E-state index in [9.17, 15) is 0 Å². The van der Waals surface area contributed by atoms with Gasteiger partial charge < -0.3 is 0 Å². The van der Waals surface area contributed by atoms with Gasteiger partial charge in [0.15, 0.2) is 0 Å². The lowest BCUT2D eigenvalue weighted by Gasteiger charge is -1.50. The Bertz CT molecular complexity index is 21.2. The number of nitrogens with zero attached hydrogens (tertiary/aromatic N) is 1. The molecule has 0 bridgehead atoms. The minimum Gasteiger partial charge on any atom is -0.284 e. The second kappa shape index (κ2) is 2.96. The first-order chi connectivity index (χ1) is 1.91. The molecule has 0 saturated carbocycles. The fraction of sp³-hybridized carbons (Fsp3) is 0.500. The van der Waals surface area contributed by atoms with E-state index in [0.29, 0.717) is 0 Å². The largest absolute Gasteiger partial charge is 0.284 e. The Hall–Kier alpha value is -0.0400. The van der Waals surface area contributed by atoms with Crippen molar-refractivity contribution >= 4 is 17.3 Å². The average molecular weight is 77.5 g/mol. The van der Waals surface area contributed by atoms with Gasteiger partial charge in [-0.15, -0.1) is 0 Å². The van der Waals surface area contributed by atoms with E-state index in [0.717, 1.165) is 0 Å². The van der Waals surface area contributed by atoms with Gasteiger partial charge in [0.05, 0.1) is 5.67 Å². The van der Waals surface area contributed by atoms with Crippen LogP contribution in [0.4, 0.5) is 0 Å². The molecule has 0 atom stereocenters. The predicted octanol–water partition coefficient (Wildman–Crippen LogP) is 0.883. The molecule has 0 amide bonds. The summed E-state index contributed by atoms with van der Waals surface area (Å²) in [5, 5.41) is 0. The molecule has 0 aromatic rings. The van der Waals surface area contributed by atoms with Crippen LogP contribution in [0.3, 0.4) is 0 Å². The zero-order valence-corrected chi connectivity index (χ0v) is 3.16. The standard InChI is InChI=1S/C2H4ClN/c1-4-2-3/h2H,1H3/b4-2-. The number of halogens is 1. The molecule has 0 saturated heterocycles. The molecule has 0 aliphatic carbocycles. The summed E-state index contributed by atoms with van der Waals surface area (Å²) in [4.78, 5) is 3.38. The molecule has 0 radical (unpaired) electrons. The topological polar surface area (TPSA) is 12.4 Å². The lowest BCUT2D eigenvalue weighted by atomic mass is 11.4. The first kappa shape index (κ1) is 3.96. The van der Waals surface area contributed by atoms with E-state index in [1.807, 2.05) is 0 Å². The smallest absolute Gasteiger partial charge is 0.0867 e. The van der Waals surface area contributed by atoms with E-state index in [1.54, 1.807) is 7.05 Å². The summed E-state index contributed by atoms with van der Waals surface area (Å²) in [5.41, 5.74) is 1.22. The Morgan fingerprint density at radius 3 is 2.25 bits per heavy atom. The molecular weight excluding hydrogens is 73.5 g/mol. The molecule has 0 heterocycles. The van der Waals surface area contributed by atoms with Crippen LogP contribution in [0.1, 0.15) is 0 Å². The Labute approximate surface area is 30.3 Å². The number of aliphatic imine (C=N–C) groups is 1. The van der Waals surface area contributed by atoms with Crippen molar-refractivity contribution in [2.45, 2.75) is 0 Å². The summed E-state index contributed by atoms with van der Waals surface area (Å²) < 4.78 is 0. The highest BCUT2D eigenvalue weighted by molar-refractivity contribution is 6.56. The summed E-state index contributed by atoms with van der Waals surface area (Å²) in [7, 11) is 1.62. The maximum Gasteiger partial charge on any atom is 0.0867 e. The van der Waals surface area contributed by atoms with E-state index < -0.39 is 0 Å². The third kappa shape index (κ3) is 1.96. The van der Waals surface area contributed by atoms with Gasteiger partial charge in [0.1, 0.15) is 0 Å². The molecule has 0 rings (SSSR count). The van der Waals surface area contributed by atoms with Crippen LogP contribution in [-0.2, 0) is 0 Å². The van der Waals surface area contributed by atoms with E-state index in [4.69, 9.17) is 11.6 Å². The van der Waals surface area contributed by atoms with Crippen molar-refractivity contribution in [3.8, 4) is 0 Å². The lowest BCUT2D eigenvalue weighted by molar-refractivity contribution is 1.49. The first-order valence-corrected chi connectivity index (χ1v) is 1.36. The molecule has 0 aromatic carbocycles. The van der Waals surface area contributed by atoms with Gasteiger partial charge in [-0.05, 0) is 0 Å². The van der Waals surface area contributed by atoms with Gasteiger partial charge in [-0.2, -0.15) is 0 Å². The molecule has 24 valence electrons. The second-order valence-corrected chi connectivity index (χ2v) is 0.551. The summed E-state index contributed by atoms with van der Waals surface area (Å²) in [6.45, 7) is 0. The third-order valence-electron chi connectivity index (χ3n) is 0.0976. The zero-order valence-electron chi connectivity index (χ0n) is 2.40. The van der Waals surface area contributed by atoms with Gasteiger partial charge in [-0.3, -0.25) is 4.99 Å². The zero-order chi connectivity index (χ0) is 3.41. The molecule has 0 aromatic heterocycles. The van der Waals surface area contributed by atoms with Gasteiger partial charge in [-0.1, -0.05) is 11.6 Å². The van der Waals surface area contributed by atoms with Crippen molar-refractivity contribution in [1.29, 1.82) is 0 Å². The third-order valence-corrected chi connectivity index (χ3v) is 0.293. The summed E-state index contributed by atoms with van der Waals surface area (Å²) >= 11 is 4.89. The number of hydrogen-bond acceptors (Lipinski definition) is 1. The van der Waals surface area contributed by atoms with Gasteiger partial charge in [0.25, 0.3) is 0 Å². The predicted molar refractivity (Wildman–Crippen MR) is 20.3 cm³/mol. The van der Waals surface area contributed by atoms with Crippen molar-refractivity contribution in [2.75, 3.05) is 7.05 Å². The Balaban J connectivity index is 2.55. The van der Waals surface area contributed by atoms with Crippen LogP contribution in [0, 0.1) is 0 Å². The van der Waals surface area contributed by atoms with Gasteiger partial charge >= 0.3 is 0 Å². The minimum absolute atomic E-state index is 1.22. The second-order valence-electron chi connectivity index (χ2n) is 0.356. The van der Waals surface area contributed by atoms with Gasteiger partial charge in [0, 0.05) is 7.05 Å². The fourth-order valence-corrected chi connectivity index (χ4v) is 0. The van der Waals surface area contributed by atoms with Gasteiger partial charge in [0.2, 0.25) is 0 Å². The Kier molecular flexibility index (Phi) is 2.93. The quantitative estimate of drug-likeness (QED) is 0.381. The first-order valence-electron chi connectivity index (χ1n) is 0.924. The summed E-state index contributed by atoms with van der Waals surface area (Å²) in [6.07, 6.45) is 0. The highest BCUT2D eigenvalue weighted by Gasteiger charge is 1.36. The van der Waals surface area contributed by atoms with Crippen molar-refractivity contribution in [3.05, 3.63) is 0 Å². The normalized spacial score (nSPS) is 9.50. The maximum atomic E-state index is 4.89. The molecular formula is C2H4ClN. The van der Waals surface area contributed by atoms with Crippen molar-refractivity contribution in [3.63, 3.8) is 0 Å². The van der Waals surface area contributed by atoms with Crippen LogP contribution in [-0.4, -0.2) is 12.7 Å². The lowest BCUT2D eigenvalue weighted by Crippen LogP contribution is -1.41. The monoisotopic (exact) mass is 77.0 g/mol. The molecule has 0 aliphatic heterocycles. The van der Waals surface area contributed by atoms with Crippen molar-refractivity contribution in [1.82, 2.24) is 0 Å². The molecule has 0 unspecified atom stereocenters. The minimum atomic E-state index is 1.22. The van der Waals surface area contributed by atoms with Gasteiger partial charge in [-0.25, -0.2) is 0 Å².